The van der Waals surface area contributed by atoms with Crippen molar-refractivity contribution in [1.82, 2.24) is 20.0 Å². The zero-order chi connectivity index (χ0) is 38.0. The molecule has 54 heavy (non-hydrogen) atoms. The maximum atomic E-state index is 14.8. The zero-order valence-corrected chi connectivity index (χ0v) is 30.1. The monoisotopic (exact) mass is 721 g/mol. The van der Waals surface area contributed by atoms with Crippen LogP contribution in [0.2, 0.25) is 0 Å². The van der Waals surface area contributed by atoms with Crippen molar-refractivity contribution in [2.75, 3.05) is 11.4 Å². The molecular weight excluding hydrogens is 683 g/mol. The number of fused-ring (bicyclic) bond motifs is 2. The number of carbonyl (C=O) groups is 4. The van der Waals surface area contributed by atoms with Crippen molar-refractivity contribution in [3.8, 4) is 5.69 Å². The molecule has 1 aromatic heterocycles. The van der Waals surface area contributed by atoms with Crippen LogP contribution in [0.25, 0.3) is 16.6 Å². The number of nitrogens with one attached hydrogen (secondary N) is 1. The number of alkyl carbamates (subject to hydrolysis) is 1. The Kier molecular flexibility index (Phi) is 9.71. The SMILES string of the molecule is CC(C)(C)OC(=O)NC[C@@H]1Cc2ccccc2CN1C(=O)c1ccccc1-n1nc(C(=O)N(c2ccccc2)c2ccccc2)c2ccc(C(=O)O)cc21. The number of carboxylic acid groups (broad SMARTS) is 1. The van der Waals surface area contributed by atoms with Gasteiger partial charge in [0, 0.05) is 29.9 Å². The summed E-state index contributed by atoms with van der Waals surface area (Å²) in [6, 6.07) is 37.2. The maximum Gasteiger partial charge on any atom is 0.407 e. The summed E-state index contributed by atoms with van der Waals surface area (Å²) in [5, 5.41) is 18.1. The number of rotatable bonds is 8. The van der Waals surface area contributed by atoms with Crippen LogP contribution in [0.15, 0.2) is 127 Å². The Balaban J connectivity index is 1.32. The van der Waals surface area contributed by atoms with E-state index in [1.807, 2.05) is 84.9 Å². The summed E-state index contributed by atoms with van der Waals surface area (Å²) >= 11 is 0. The van der Waals surface area contributed by atoms with Crippen molar-refractivity contribution in [1.29, 1.82) is 0 Å². The summed E-state index contributed by atoms with van der Waals surface area (Å²) in [5.74, 6) is -1.91. The Hall–Kier alpha value is -6.75. The highest BCUT2D eigenvalue weighted by atomic mass is 16.6. The summed E-state index contributed by atoms with van der Waals surface area (Å²) in [6.07, 6.45) is -0.0799. The second-order valence-electron chi connectivity index (χ2n) is 14.1. The van der Waals surface area contributed by atoms with Crippen LogP contribution in [-0.4, -0.2) is 61.9 Å². The molecular formula is C43H39N5O6. The Morgan fingerprint density at radius 1 is 0.815 bits per heavy atom. The molecule has 6 aromatic rings. The van der Waals surface area contributed by atoms with Crippen LogP contribution >= 0.6 is 0 Å². The van der Waals surface area contributed by atoms with Crippen molar-refractivity contribution >= 4 is 46.2 Å². The van der Waals surface area contributed by atoms with Gasteiger partial charge >= 0.3 is 12.1 Å². The van der Waals surface area contributed by atoms with Gasteiger partial charge in [0.1, 0.15) is 5.60 Å². The number of anilines is 2. The summed E-state index contributed by atoms with van der Waals surface area (Å²) in [7, 11) is 0. The number of carboxylic acids is 1. The molecule has 0 saturated carbocycles. The van der Waals surface area contributed by atoms with Gasteiger partial charge in [0.15, 0.2) is 5.69 Å². The lowest BCUT2D eigenvalue weighted by Gasteiger charge is -2.37. The van der Waals surface area contributed by atoms with Crippen LogP contribution in [0.1, 0.15) is 63.1 Å². The Bertz CT molecular complexity index is 2330. The number of aromatic carboxylic acids is 1. The molecule has 7 rings (SSSR count). The van der Waals surface area contributed by atoms with Gasteiger partial charge in [-0.25, -0.2) is 14.3 Å². The molecule has 0 bridgehead atoms. The number of carbonyl (C=O) groups excluding carboxylic acids is 3. The molecule has 1 aliphatic rings. The Morgan fingerprint density at radius 3 is 2.07 bits per heavy atom. The number of para-hydroxylation sites is 3. The summed E-state index contributed by atoms with van der Waals surface area (Å²) < 4.78 is 6.95. The lowest BCUT2D eigenvalue weighted by molar-refractivity contribution is 0.0474. The smallest absolute Gasteiger partial charge is 0.407 e. The fourth-order valence-electron chi connectivity index (χ4n) is 6.75. The third-order valence-corrected chi connectivity index (χ3v) is 9.22. The molecule has 11 nitrogen and oxygen atoms in total. The second kappa shape index (κ2) is 14.7. The van der Waals surface area contributed by atoms with E-state index in [4.69, 9.17) is 9.84 Å². The van der Waals surface area contributed by atoms with E-state index in [1.165, 1.54) is 16.8 Å². The normalized spacial score (nSPS) is 13.9. The highest BCUT2D eigenvalue weighted by molar-refractivity contribution is 6.16. The molecule has 0 saturated heterocycles. The van der Waals surface area contributed by atoms with E-state index >= 15 is 0 Å². The van der Waals surface area contributed by atoms with E-state index in [9.17, 15) is 24.3 Å². The zero-order valence-electron chi connectivity index (χ0n) is 30.1. The van der Waals surface area contributed by atoms with Gasteiger partial charge in [0.25, 0.3) is 11.8 Å². The first-order valence-corrected chi connectivity index (χ1v) is 17.6. The largest absolute Gasteiger partial charge is 0.478 e. The minimum absolute atomic E-state index is 0.00431. The quantitative estimate of drug-likeness (QED) is 0.164. The van der Waals surface area contributed by atoms with Gasteiger partial charge in [0.2, 0.25) is 0 Å². The minimum Gasteiger partial charge on any atom is -0.478 e. The van der Waals surface area contributed by atoms with Gasteiger partial charge in [-0.05, 0) is 92.9 Å². The lowest BCUT2D eigenvalue weighted by atomic mass is 9.93. The van der Waals surface area contributed by atoms with E-state index in [2.05, 4.69) is 5.32 Å². The molecule has 0 radical (unpaired) electrons. The number of ether oxygens (including phenoxy) is 1. The minimum atomic E-state index is -1.15. The van der Waals surface area contributed by atoms with Gasteiger partial charge < -0.3 is 20.1 Å². The molecule has 3 amide bonds. The molecule has 0 fully saturated rings. The van der Waals surface area contributed by atoms with Gasteiger partial charge in [0.05, 0.1) is 28.4 Å². The van der Waals surface area contributed by atoms with Crippen LogP contribution in [0.5, 0.6) is 0 Å². The summed E-state index contributed by atoms with van der Waals surface area (Å²) in [5.41, 5.74) is 3.66. The molecule has 11 heteroatoms. The van der Waals surface area contributed by atoms with Gasteiger partial charge in [-0.2, -0.15) is 5.10 Å². The van der Waals surface area contributed by atoms with Crippen molar-refractivity contribution < 1.29 is 29.0 Å². The van der Waals surface area contributed by atoms with Crippen molar-refractivity contribution in [2.24, 2.45) is 0 Å². The highest BCUT2D eigenvalue weighted by Gasteiger charge is 2.33. The summed E-state index contributed by atoms with van der Waals surface area (Å²) in [4.78, 5) is 57.7. The third-order valence-electron chi connectivity index (χ3n) is 9.22. The predicted molar refractivity (Wildman–Crippen MR) is 205 cm³/mol. The first-order valence-electron chi connectivity index (χ1n) is 17.6. The number of hydrogen-bond donors (Lipinski definition) is 2. The topological polar surface area (TPSA) is 134 Å². The number of nitrogens with zero attached hydrogens (tertiary/aromatic N) is 4. The van der Waals surface area contributed by atoms with Crippen molar-refractivity contribution in [3.63, 3.8) is 0 Å². The molecule has 5 aromatic carbocycles. The van der Waals surface area contributed by atoms with Gasteiger partial charge in [-0.15, -0.1) is 0 Å². The molecule has 0 unspecified atom stereocenters. The first-order chi connectivity index (χ1) is 26.0. The number of aromatic nitrogens is 2. The fraction of sp³-hybridized carbons (Fsp3) is 0.186. The number of benzene rings is 5. The molecule has 2 heterocycles. The average molecular weight is 722 g/mol. The number of amides is 3. The predicted octanol–water partition coefficient (Wildman–Crippen LogP) is 7.79. The molecule has 272 valence electrons. The van der Waals surface area contributed by atoms with E-state index in [0.717, 1.165) is 11.1 Å². The molecule has 0 aliphatic carbocycles. The van der Waals surface area contributed by atoms with Gasteiger partial charge in [-0.3, -0.25) is 14.5 Å². The van der Waals surface area contributed by atoms with E-state index < -0.39 is 29.6 Å². The van der Waals surface area contributed by atoms with Crippen LogP contribution in [0, 0.1) is 0 Å². The van der Waals surface area contributed by atoms with Crippen molar-refractivity contribution in [3.05, 3.63) is 155 Å². The van der Waals surface area contributed by atoms with Crippen molar-refractivity contribution in [2.45, 2.75) is 45.4 Å². The van der Waals surface area contributed by atoms with Crippen LogP contribution in [0.4, 0.5) is 16.2 Å². The second-order valence-corrected chi connectivity index (χ2v) is 14.1. The van der Waals surface area contributed by atoms with Crippen LogP contribution in [-0.2, 0) is 17.7 Å². The molecule has 0 spiro atoms. The number of hydrogen-bond acceptors (Lipinski definition) is 6. The van der Waals surface area contributed by atoms with Crippen LogP contribution in [0.3, 0.4) is 0 Å². The molecule has 1 aliphatic heterocycles. The molecule has 1 atom stereocenters. The lowest BCUT2D eigenvalue weighted by Crippen LogP contribution is -2.50. The van der Waals surface area contributed by atoms with E-state index in [0.29, 0.717) is 40.9 Å². The maximum absolute atomic E-state index is 14.8. The van der Waals surface area contributed by atoms with E-state index in [1.54, 1.807) is 60.9 Å². The van der Waals surface area contributed by atoms with E-state index in [-0.39, 0.29) is 29.3 Å². The Labute approximate surface area is 312 Å². The summed E-state index contributed by atoms with van der Waals surface area (Å²) in [6.45, 7) is 5.80. The fourth-order valence-corrected chi connectivity index (χ4v) is 6.75. The first kappa shape index (κ1) is 35.6. The Morgan fingerprint density at radius 2 is 1.43 bits per heavy atom. The highest BCUT2D eigenvalue weighted by Crippen LogP contribution is 2.33. The van der Waals surface area contributed by atoms with Gasteiger partial charge in [-0.1, -0.05) is 72.8 Å². The van der Waals surface area contributed by atoms with Crippen LogP contribution < -0.4 is 10.2 Å². The third kappa shape index (κ3) is 7.29. The molecule has 2 N–H and O–H groups in total. The standard InChI is InChI=1S/C43H39N5O6/c1-43(2,3)54-42(53)44-26-33-24-28-14-10-11-15-30(28)27-46(33)39(49)35-20-12-13-21-36(35)48-37-25-29(41(51)52)22-23-34(37)38(45-48)40(50)47(31-16-6-4-7-17-31)32-18-8-5-9-19-32/h4-23,25,33H,24,26-27H2,1-3H3,(H,44,53)(H,51,52)/t33-/m0/s1. The average Bonchev–Trinajstić information content (AvgIpc) is 3.55.